The molecule has 560 valence electrons. The monoisotopic (exact) mass is 1420 g/mol. The molecule has 2 amide bonds. The fourth-order valence-electron chi connectivity index (χ4n) is 8.24. The highest BCUT2D eigenvalue weighted by Crippen LogP contribution is 2.24. The number of carbonyl (C=O) groups excluding carboxylic acids is 2. The van der Waals surface area contributed by atoms with E-state index in [9.17, 15) is 24.9 Å². The van der Waals surface area contributed by atoms with Gasteiger partial charge in [-0.3, -0.25) is 9.59 Å². The second kappa shape index (κ2) is 46.8. The fraction of sp³-hybridized carbons (Fsp3) is 0.521. The van der Waals surface area contributed by atoms with E-state index in [1.54, 1.807) is 44.4 Å². The van der Waals surface area contributed by atoms with E-state index >= 15 is 0 Å². The second-order valence-electron chi connectivity index (χ2n) is 26.5. The Morgan fingerprint density at radius 2 is 0.922 bits per heavy atom. The minimum atomic E-state index is -0.902. The van der Waals surface area contributed by atoms with Crippen molar-refractivity contribution < 1.29 is 45.3 Å². The summed E-state index contributed by atoms with van der Waals surface area (Å²) in [4.78, 5) is 92.8. The Kier molecular flexibility index (Phi) is 40.7. The minimum Gasteiger partial charge on any atom is -0.395 e. The van der Waals surface area contributed by atoms with Crippen LogP contribution in [0.5, 0.6) is 0 Å². The van der Waals surface area contributed by atoms with Crippen molar-refractivity contribution in [1.29, 1.82) is 0 Å². The molecule has 1 aliphatic heterocycles. The first-order chi connectivity index (χ1) is 48.6. The molecule has 1 fully saturated rings. The smallest absolute Gasteiger partial charge is 0.273 e. The van der Waals surface area contributed by atoms with E-state index < -0.39 is 17.6 Å². The van der Waals surface area contributed by atoms with E-state index in [1.165, 1.54) is 51.2 Å². The molecule has 0 bridgehead atoms. The first kappa shape index (κ1) is 89.5. The van der Waals surface area contributed by atoms with Gasteiger partial charge in [0, 0.05) is 96.9 Å². The van der Waals surface area contributed by atoms with E-state index in [0.717, 1.165) is 57.2 Å². The number of rotatable bonds is 20. The van der Waals surface area contributed by atoms with E-state index in [2.05, 4.69) is 150 Å². The first-order valence-corrected chi connectivity index (χ1v) is 34.1. The molecule has 103 heavy (non-hydrogen) atoms. The van der Waals surface area contributed by atoms with Crippen LogP contribution in [0.2, 0.25) is 0 Å². The third kappa shape index (κ3) is 34.3. The summed E-state index contributed by atoms with van der Waals surface area (Å²) in [5.74, 6) is 4.83. The maximum atomic E-state index is 10.7. The van der Waals surface area contributed by atoms with Crippen LogP contribution < -0.4 is 20.9 Å². The zero-order valence-corrected chi connectivity index (χ0v) is 63.2. The molecule has 0 radical (unpaired) electrons. The van der Waals surface area contributed by atoms with Gasteiger partial charge in [0.25, 0.3) is 11.7 Å². The topological polar surface area (TPSA) is 431 Å². The molecule has 9 rings (SSSR count). The van der Waals surface area contributed by atoms with Crippen molar-refractivity contribution >= 4 is 35.1 Å². The van der Waals surface area contributed by atoms with Crippen LogP contribution in [0.3, 0.4) is 0 Å². The Hall–Kier alpha value is -9.61. The molecule has 30 nitrogen and oxygen atoms in total. The van der Waals surface area contributed by atoms with Crippen LogP contribution in [-0.4, -0.2) is 179 Å². The lowest BCUT2D eigenvalue weighted by Gasteiger charge is -2.36. The van der Waals surface area contributed by atoms with Crippen LogP contribution in [0, 0.1) is 6.57 Å². The van der Waals surface area contributed by atoms with Crippen molar-refractivity contribution in [1.82, 2.24) is 79.7 Å². The quantitative estimate of drug-likeness (QED) is 0.0321. The average Bonchev–Trinajstić information content (AvgIpc) is 0.832. The standard InChI is InChI=1S/C11H19N3O2.C10H15N3O.C10H16N2O.C9H13N3O.C9H14N2O2.C8H11N3O.C8H9N3.C8H12N2O/c1-9(2)10-7-11(13-8-12-10)14(3-5-15)4-6-16;1-7(2)9-3-10(12-6-11-9)13-4-8(14)5-13;1-7(2)8-5-9(10(3,4)13)12-6-11-8;1-6(2)8-4-9(11-5-10-8)12-7(3)13;1-6(2)7-3-8(9(13)4-12)11-5-10-7;1-5(2)6-3-7(8(9)12)11-4-10-6;1-6(2)7-4-8(9-3)11-5-10-7;1-6(2)8-3-7(4-11)9-5-10-8/h7-9,15-16H,3-6H2,1-2H3;3,6-8,14H,4-5H2,1-2H3;5-7,13H,1-4H3;4-6H,1-3H3,(H,10,11,12,13);3,5-6,9,12-13H,4H2,1-2H3;3-5H,1-2H3,(H2,9,12);4-6H,1-2H3;3,5-6,11H,4H2,1-2H3. The average molecular weight is 1420 g/mol. The summed E-state index contributed by atoms with van der Waals surface area (Å²) in [5.41, 5.74) is 13.8. The molecular weight excluding hydrogens is 1310 g/mol. The molecule has 1 atom stereocenters. The number of nitrogens with two attached hydrogens (primary N) is 1. The highest BCUT2D eigenvalue weighted by Gasteiger charge is 2.26. The lowest BCUT2D eigenvalue weighted by atomic mass is 10.0. The van der Waals surface area contributed by atoms with Crippen LogP contribution >= 0.6 is 0 Å². The van der Waals surface area contributed by atoms with Gasteiger partial charge in [-0.2, -0.15) is 0 Å². The number of anilines is 3. The summed E-state index contributed by atoms with van der Waals surface area (Å²) in [7, 11) is 0. The molecule has 8 aromatic rings. The van der Waals surface area contributed by atoms with Gasteiger partial charge in [0.1, 0.15) is 79.1 Å². The van der Waals surface area contributed by atoms with Gasteiger partial charge in [0.05, 0.1) is 49.6 Å². The van der Waals surface area contributed by atoms with Crippen LogP contribution in [0.1, 0.15) is 258 Å². The summed E-state index contributed by atoms with van der Waals surface area (Å²) in [6.07, 6.45) is 10.7. The molecule has 1 saturated heterocycles. The molecule has 0 aliphatic carbocycles. The highest BCUT2D eigenvalue weighted by molar-refractivity contribution is 5.90. The maximum Gasteiger partial charge on any atom is 0.273 e. The number of aliphatic hydroxyl groups is 7. The Labute approximate surface area is 606 Å². The zero-order chi connectivity index (χ0) is 77.5. The van der Waals surface area contributed by atoms with E-state index in [0.29, 0.717) is 96.3 Å². The van der Waals surface area contributed by atoms with Gasteiger partial charge in [-0.1, -0.05) is 117 Å². The van der Waals surface area contributed by atoms with Crippen molar-refractivity contribution in [3.8, 4) is 0 Å². The summed E-state index contributed by atoms with van der Waals surface area (Å²) >= 11 is 0. The minimum absolute atomic E-state index is 0.0117. The largest absolute Gasteiger partial charge is 0.395 e. The van der Waals surface area contributed by atoms with Crippen LogP contribution in [0.15, 0.2) is 99.1 Å². The van der Waals surface area contributed by atoms with Gasteiger partial charge in [0.15, 0.2) is 0 Å². The number of nitrogens with zero attached hydrogens (tertiary/aromatic N) is 19. The fourth-order valence-corrected chi connectivity index (χ4v) is 8.24. The molecule has 8 aromatic heterocycles. The van der Waals surface area contributed by atoms with Gasteiger partial charge >= 0.3 is 0 Å². The Morgan fingerprint density at radius 1 is 0.524 bits per heavy atom. The van der Waals surface area contributed by atoms with Crippen molar-refractivity contribution in [3.05, 3.63) is 179 Å². The van der Waals surface area contributed by atoms with Gasteiger partial charge < -0.3 is 61.4 Å². The predicted octanol–water partition coefficient (Wildman–Crippen LogP) is 9.13. The Bertz CT molecular complexity index is 3780. The SMILES string of the molecule is CC(=O)Nc1cc(C(C)C)ncn1.CC(C)c1cc(C(C)(C)O)ncn1.CC(C)c1cc(C(N)=O)ncn1.CC(C)c1cc(C(O)CO)ncn1.CC(C)c1cc(CO)ncn1.CC(C)c1cc(N(CCO)CCO)ncn1.CC(C)c1cc(N2CC(O)C2)ncn1.[C-]#[N+]c1cc(C(C)C)ncn1. The second-order valence-corrected chi connectivity index (χ2v) is 26.5. The number of hydrogen-bond acceptors (Lipinski definition) is 27. The third-order valence-electron chi connectivity index (χ3n) is 14.5. The van der Waals surface area contributed by atoms with Crippen molar-refractivity contribution in [3.63, 3.8) is 0 Å². The molecule has 1 unspecified atom stereocenters. The van der Waals surface area contributed by atoms with Crippen molar-refractivity contribution in [2.45, 2.75) is 203 Å². The Morgan fingerprint density at radius 3 is 1.38 bits per heavy atom. The number of hydrogen-bond donors (Lipinski definition) is 9. The van der Waals surface area contributed by atoms with Gasteiger partial charge in [0.2, 0.25) is 12.2 Å². The molecule has 0 aromatic carbocycles. The highest BCUT2D eigenvalue weighted by atomic mass is 16.3. The molecule has 9 heterocycles. The maximum absolute atomic E-state index is 10.7. The van der Waals surface area contributed by atoms with E-state index in [1.807, 2.05) is 84.6 Å². The van der Waals surface area contributed by atoms with Gasteiger partial charge in [-0.25, -0.2) is 74.8 Å². The molecule has 0 saturated carbocycles. The number of carbonyl (C=O) groups is 2. The number of nitrogens with one attached hydrogen (secondary N) is 1. The number of aliphatic hydroxyl groups excluding tert-OH is 6. The van der Waals surface area contributed by atoms with Crippen LogP contribution in [-0.2, 0) is 17.0 Å². The molecule has 10 N–H and O–H groups in total. The number of β-amino-alcohol motifs (C(OH)–C–C–N with tert-alkyl or cyclic N) is 1. The Balaban J connectivity index is 0.000000401. The lowest BCUT2D eigenvalue weighted by Crippen LogP contribution is -2.51. The summed E-state index contributed by atoms with van der Waals surface area (Å²) < 4.78 is 0. The normalized spacial score (nSPS) is 11.9. The van der Waals surface area contributed by atoms with E-state index in [-0.39, 0.29) is 50.1 Å². The molecule has 30 heteroatoms. The number of aromatic nitrogens is 16. The van der Waals surface area contributed by atoms with Gasteiger partial charge in [-0.05, 0) is 91.5 Å². The summed E-state index contributed by atoms with van der Waals surface area (Å²) in [6.45, 7) is 46.5. The number of primary amides is 1. The number of amides is 2. The predicted molar refractivity (Wildman–Crippen MR) is 396 cm³/mol. The van der Waals surface area contributed by atoms with Crippen LogP contribution in [0.25, 0.3) is 4.85 Å². The van der Waals surface area contributed by atoms with E-state index in [4.69, 9.17) is 32.7 Å². The summed E-state index contributed by atoms with van der Waals surface area (Å²) in [5, 5.41) is 66.1. The lowest BCUT2D eigenvalue weighted by molar-refractivity contribution is -0.114. The molecule has 0 spiro atoms. The first-order valence-electron chi connectivity index (χ1n) is 34.1. The molecule has 1 aliphatic rings. The van der Waals surface area contributed by atoms with Crippen LogP contribution in [0.4, 0.5) is 23.3 Å². The third-order valence-corrected chi connectivity index (χ3v) is 14.5. The molecular formula is C73H109N21O9. The zero-order valence-electron chi connectivity index (χ0n) is 63.2. The van der Waals surface area contributed by atoms with Gasteiger partial charge in [-0.15, -0.1) is 4.98 Å². The van der Waals surface area contributed by atoms with Crippen molar-refractivity contribution in [2.24, 2.45) is 5.73 Å². The summed E-state index contributed by atoms with van der Waals surface area (Å²) in [6, 6.07) is 14.4. The van der Waals surface area contributed by atoms with Crippen molar-refractivity contribution in [2.75, 3.05) is 61.1 Å².